The lowest BCUT2D eigenvalue weighted by molar-refractivity contribution is 0.631. The zero-order valence-electron chi connectivity index (χ0n) is 16.5. The average molecular weight is 409 g/mol. The fraction of sp³-hybridized carbons (Fsp3) is 0.227. The molecule has 4 rings (SSSR count). The van der Waals surface area contributed by atoms with Crippen molar-refractivity contribution in [3.05, 3.63) is 60.8 Å². The Morgan fingerprint density at radius 2 is 1.79 bits per heavy atom. The maximum atomic E-state index is 14.6. The Labute approximate surface area is 171 Å². The van der Waals surface area contributed by atoms with Gasteiger partial charge in [-0.3, -0.25) is 4.21 Å². The summed E-state index contributed by atoms with van der Waals surface area (Å²) in [7, 11) is -1.07. The van der Waals surface area contributed by atoms with Gasteiger partial charge in [0.25, 0.3) is 0 Å². The molecule has 5 nitrogen and oxygen atoms in total. The molecule has 4 aromatic rings. The monoisotopic (exact) mass is 408 g/mol. The number of rotatable bonds is 5. The van der Waals surface area contributed by atoms with Crippen LogP contribution in [0.2, 0.25) is 0 Å². The third-order valence-corrected chi connectivity index (χ3v) is 6.44. The zero-order valence-corrected chi connectivity index (χ0v) is 17.3. The average Bonchev–Trinajstić information content (AvgIpc) is 3.17. The van der Waals surface area contributed by atoms with E-state index in [0.717, 1.165) is 33.6 Å². The number of hydrogen-bond donors (Lipinski definition) is 0. The molecule has 2 heterocycles. The van der Waals surface area contributed by atoms with Crippen LogP contribution in [0.4, 0.5) is 4.39 Å². The quantitative estimate of drug-likeness (QED) is 0.474. The van der Waals surface area contributed by atoms with Crippen molar-refractivity contribution < 1.29 is 8.60 Å². The van der Waals surface area contributed by atoms with E-state index >= 15 is 0 Å². The SMILES string of the molecule is CCn1cnc2c(-c3ccc(F)c(-c4ccc(S(=O)C(C)C)cc4)c3)cnnc21. The second kappa shape index (κ2) is 7.83. The summed E-state index contributed by atoms with van der Waals surface area (Å²) >= 11 is 0. The fourth-order valence-corrected chi connectivity index (χ4v) is 4.22. The summed E-state index contributed by atoms with van der Waals surface area (Å²) in [6, 6.07) is 12.2. The second-order valence-corrected chi connectivity index (χ2v) is 9.04. The zero-order chi connectivity index (χ0) is 20.5. The minimum atomic E-state index is -1.07. The van der Waals surface area contributed by atoms with E-state index in [1.807, 2.05) is 37.5 Å². The summed E-state index contributed by atoms with van der Waals surface area (Å²) in [6.07, 6.45) is 3.39. The first-order chi connectivity index (χ1) is 14.0. The lowest BCUT2D eigenvalue weighted by atomic mass is 9.99. The van der Waals surface area contributed by atoms with Gasteiger partial charge in [-0.05, 0) is 42.3 Å². The number of benzene rings is 2. The summed E-state index contributed by atoms with van der Waals surface area (Å²) in [6.45, 7) is 6.59. The number of nitrogens with zero attached hydrogens (tertiary/aromatic N) is 4. The molecule has 0 aliphatic rings. The summed E-state index contributed by atoms with van der Waals surface area (Å²) in [5.74, 6) is -0.316. The molecule has 0 spiro atoms. The maximum absolute atomic E-state index is 14.6. The van der Waals surface area contributed by atoms with Gasteiger partial charge >= 0.3 is 0 Å². The topological polar surface area (TPSA) is 60.7 Å². The van der Waals surface area contributed by atoms with Crippen LogP contribution in [0.5, 0.6) is 0 Å². The van der Waals surface area contributed by atoms with E-state index in [0.29, 0.717) is 11.2 Å². The van der Waals surface area contributed by atoms with Crippen LogP contribution < -0.4 is 0 Å². The molecule has 0 fully saturated rings. The van der Waals surface area contributed by atoms with Crippen molar-refractivity contribution in [2.24, 2.45) is 0 Å². The number of hydrogen-bond acceptors (Lipinski definition) is 4. The highest BCUT2D eigenvalue weighted by molar-refractivity contribution is 7.85. The third kappa shape index (κ3) is 3.58. The Morgan fingerprint density at radius 3 is 2.48 bits per heavy atom. The Bertz CT molecular complexity index is 1200. The molecule has 0 saturated heterocycles. The molecule has 148 valence electrons. The Balaban J connectivity index is 1.78. The molecule has 0 radical (unpaired) electrons. The van der Waals surface area contributed by atoms with Crippen LogP contribution in [0.1, 0.15) is 20.8 Å². The molecule has 1 unspecified atom stereocenters. The normalized spacial score (nSPS) is 12.6. The summed E-state index contributed by atoms with van der Waals surface area (Å²) in [5.41, 5.74) is 4.27. The number of fused-ring (bicyclic) bond motifs is 1. The molecular weight excluding hydrogens is 387 g/mol. The van der Waals surface area contributed by atoms with Crippen LogP contribution >= 0.6 is 0 Å². The number of halogens is 1. The third-order valence-electron chi connectivity index (χ3n) is 4.85. The van der Waals surface area contributed by atoms with Gasteiger partial charge in [0.05, 0.1) is 23.3 Å². The van der Waals surface area contributed by atoms with E-state index in [1.165, 1.54) is 6.07 Å². The molecule has 0 aliphatic carbocycles. The van der Waals surface area contributed by atoms with Crippen molar-refractivity contribution in [2.75, 3.05) is 0 Å². The van der Waals surface area contributed by atoms with Gasteiger partial charge in [0.1, 0.15) is 11.3 Å². The van der Waals surface area contributed by atoms with E-state index in [9.17, 15) is 8.60 Å². The minimum Gasteiger partial charge on any atom is -0.314 e. The van der Waals surface area contributed by atoms with Gasteiger partial charge in [-0.15, -0.1) is 5.10 Å². The van der Waals surface area contributed by atoms with Gasteiger partial charge in [0, 0.05) is 27.8 Å². The molecule has 7 heteroatoms. The largest absolute Gasteiger partial charge is 0.314 e. The van der Waals surface area contributed by atoms with E-state index < -0.39 is 10.8 Å². The van der Waals surface area contributed by atoms with Crippen LogP contribution in [0.3, 0.4) is 0 Å². The van der Waals surface area contributed by atoms with Crippen LogP contribution in [0.15, 0.2) is 59.9 Å². The maximum Gasteiger partial charge on any atom is 0.183 e. The summed E-state index contributed by atoms with van der Waals surface area (Å²) < 4.78 is 28.8. The van der Waals surface area contributed by atoms with Gasteiger partial charge in [-0.1, -0.05) is 32.0 Å². The van der Waals surface area contributed by atoms with Crippen molar-refractivity contribution >= 4 is 22.0 Å². The summed E-state index contributed by atoms with van der Waals surface area (Å²) in [4.78, 5) is 5.21. The molecule has 0 saturated carbocycles. The molecule has 0 aliphatic heterocycles. The molecule has 0 N–H and O–H groups in total. The van der Waals surface area contributed by atoms with Crippen molar-refractivity contribution in [3.63, 3.8) is 0 Å². The second-order valence-electron chi connectivity index (χ2n) is 7.03. The first kappa shape index (κ1) is 19.4. The first-order valence-corrected chi connectivity index (χ1v) is 10.7. The molecule has 0 bridgehead atoms. The lowest BCUT2D eigenvalue weighted by Gasteiger charge is -2.10. The van der Waals surface area contributed by atoms with Gasteiger partial charge in [-0.25, -0.2) is 9.37 Å². The highest BCUT2D eigenvalue weighted by Gasteiger charge is 2.14. The molecular formula is C22H21FN4OS. The summed E-state index contributed by atoms with van der Waals surface area (Å²) in [5, 5.41) is 8.32. The standard InChI is InChI=1S/C22H21FN4OS/c1-4-27-13-24-21-19(12-25-26-22(21)27)16-7-10-20(23)18(11-16)15-5-8-17(9-6-15)29(28)14(2)3/h5-14H,4H2,1-3H3. The Kier molecular flexibility index (Phi) is 5.24. The highest BCUT2D eigenvalue weighted by Crippen LogP contribution is 2.32. The van der Waals surface area contributed by atoms with Crippen molar-refractivity contribution in [2.45, 2.75) is 37.5 Å². The van der Waals surface area contributed by atoms with E-state index in [1.54, 1.807) is 36.8 Å². The van der Waals surface area contributed by atoms with Crippen LogP contribution in [0.25, 0.3) is 33.4 Å². The first-order valence-electron chi connectivity index (χ1n) is 9.47. The van der Waals surface area contributed by atoms with Crippen LogP contribution in [-0.4, -0.2) is 29.2 Å². The van der Waals surface area contributed by atoms with Crippen molar-refractivity contribution in [1.82, 2.24) is 19.7 Å². The Morgan fingerprint density at radius 1 is 1.07 bits per heavy atom. The van der Waals surface area contributed by atoms with Crippen LogP contribution in [-0.2, 0) is 17.3 Å². The van der Waals surface area contributed by atoms with Gasteiger partial charge in [0.2, 0.25) is 0 Å². The van der Waals surface area contributed by atoms with Crippen LogP contribution in [0, 0.1) is 5.82 Å². The fourth-order valence-electron chi connectivity index (χ4n) is 3.27. The molecule has 0 amide bonds. The number of aryl methyl sites for hydroxylation is 1. The predicted molar refractivity (Wildman–Crippen MR) is 113 cm³/mol. The van der Waals surface area contributed by atoms with E-state index in [-0.39, 0.29) is 11.1 Å². The van der Waals surface area contributed by atoms with Crippen molar-refractivity contribution in [3.8, 4) is 22.3 Å². The van der Waals surface area contributed by atoms with Gasteiger partial charge < -0.3 is 4.57 Å². The number of aromatic nitrogens is 4. The van der Waals surface area contributed by atoms with Crippen molar-refractivity contribution in [1.29, 1.82) is 0 Å². The smallest absolute Gasteiger partial charge is 0.183 e. The minimum absolute atomic E-state index is 0.0328. The predicted octanol–water partition coefficient (Wildman–Crippen LogP) is 4.84. The van der Waals surface area contributed by atoms with Gasteiger partial charge in [0.15, 0.2) is 5.65 Å². The molecule has 29 heavy (non-hydrogen) atoms. The highest BCUT2D eigenvalue weighted by atomic mass is 32.2. The number of imidazole rings is 1. The Hall–Kier alpha value is -2.93. The molecule has 1 atom stereocenters. The molecule has 2 aromatic heterocycles. The van der Waals surface area contributed by atoms with E-state index in [4.69, 9.17) is 0 Å². The molecule has 2 aromatic carbocycles. The van der Waals surface area contributed by atoms with E-state index in [2.05, 4.69) is 15.2 Å². The lowest BCUT2D eigenvalue weighted by Crippen LogP contribution is -2.05. The van der Waals surface area contributed by atoms with Gasteiger partial charge in [-0.2, -0.15) is 5.10 Å².